The van der Waals surface area contributed by atoms with E-state index in [1.165, 1.54) is 12.8 Å². The molecule has 8 nitrogen and oxygen atoms in total. The quantitative estimate of drug-likeness (QED) is 0.409. The molecule has 1 aromatic rings. The van der Waals surface area contributed by atoms with E-state index in [4.69, 9.17) is 5.73 Å². The highest BCUT2D eigenvalue weighted by molar-refractivity contribution is 7.92. The Balaban J connectivity index is 1.76. The van der Waals surface area contributed by atoms with Crippen LogP contribution in [0.5, 0.6) is 0 Å². The van der Waals surface area contributed by atoms with Gasteiger partial charge < -0.3 is 16.2 Å². The van der Waals surface area contributed by atoms with Gasteiger partial charge in [-0.25, -0.2) is 8.42 Å². The molecule has 36 heavy (non-hydrogen) atoms. The second-order valence-corrected chi connectivity index (χ2v) is 14.1. The van der Waals surface area contributed by atoms with Crippen LogP contribution in [0.4, 0.5) is 0 Å². The van der Waals surface area contributed by atoms with Crippen molar-refractivity contribution in [2.24, 2.45) is 17.6 Å². The van der Waals surface area contributed by atoms with Crippen molar-refractivity contribution in [3.8, 4) is 0 Å². The second kappa shape index (κ2) is 12.0. The average Bonchev–Trinajstić information content (AvgIpc) is 2.83. The number of β-amino-alcohol motifs (C(OH)–C–C–N with tert-alkyl or cyclic N) is 1. The number of nitrogens with zero attached hydrogens (tertiary/aromatic N) is 1. The van der Waals surface area contributed by atoms with E-state index in [1.807, 2.05) is 35.2 Å². The summed E-state index contributed by atoms with van der Waals surface area (Å²) in [4.78, 5) is 27.3. The second-order valence-electron chi connectivity index (χ2n) is 11.2. The van der Waals surface area contributed by atoms with Crippen molar-refractivity contribution in [2.75, 3.05) is 18.8 Å². The summed E-state index contributed by atoms with van der Waals surface area (Å²) in [5.41, 5.74) is 6.71. The van der Waals surface area contributed by atoms with Gasteiger partial charge in [-0.2, -0.15) is 0 Å². The summed E-state index contributed by atoms with van der Waals surface area (Å²) in [5, 5.41) is 14.3. The molecule has 1 aliphatic heterocycles. The zero-order chi connectivity index (χ0) is 26.5. The van der Waals surface area contributed by atoms with E-state index in [2.05, 4.69) is 5.32 Å². The number of rotatable bonds is 11. The summed E-state index contributed by atoms with van der Waals surface area (Å²) < 4.78 is 23.7. The predicted molar refractivity (Wildman–Crippen MR) is 141 cm³/mol. The third kappa shape index (κ3) is 7.07. The number of carbonyl (C=O) groups excluding carboxylic acids is 2. The predicted octanol–water partition coefficient (Wildman–Crippen LogP) is 2.04. The van der Waals surface area contributed by atoms with Gasteiger partial charge in [0.25, 0.3) is 0 Å². The van der Waals surface area contributed by atoms with Gasteiger partial charge in [-0.05, 0) is 50.5 Å². The molecule has 0 spiro atoms. The zero-order valence-electron chi connectivity index (χ0n) is 21.9. The van der Waals surface area contributed by atoms with Crippen LogP contribution in [0.2, 0.25) is 0 Å². The number of nitrogens with two attached hydrogens (primary N) is 1. The number of hydrogen-bond donors (Lipinski definition) is 3. The molecule has 1 aliphatic carbocycles. The molecule has 2 aliphatic rings. The van der Waals surface area contributed by atoms with Crippen molar-refractivity contribution >= 4 is 21.7 Å². The van der Waals surface area contributed by atoms with Crippen LogP contribution in [0.15, 0.2) is 30.3 Å². The number of fused-ring (bicyclic) bond motifs is 1. The number of aliphatic hydroxyl groups excluding tert-OH is 1. The SMILES string of the molecule is CCS(=O)(=O)C(C)(C)CC(=O)NC(Cc1ccccc1)C(O)CN1C[C@H]2CCCC[C@H]2CC1C(N)=O. The number of nitrogens with one attached hydrogen (secondary N) is 1. The van der Waals surface area contributed by atoms with E-state index in [-0.39, 0.29) is 24.6 Å². The lowest BCUT2D eigenvalue weighted by atomic mass is 9.72. The highest BCUT2D eigenvalue weighted by atomic mass is 32.2. The molecule has 1 aromatic carbocycles. The topological polar surface area (TPSA) is 130 Å². The lowest BCUT2D eigenvalue weighted by Gasteiger charge is -2.46. The smallest absolute Gasteiger partial charge is 0.234 e. The Kier molecular flexibility index (Phi) is 9.57. The molecule has 202 valence electrons. The van der Waals surface area contributed by atoms with Crippen LogP contribution >= 0.6 is 0 Å². The summed E-state index contributed by atoms with van der Waals surface area (Å²) in [6.45, 7) is 5.61. The molecular weight excluding hydrogens is 478 g/mol. The Morgan fingerprint density at radius 3 is 2.42 bits per heavy atom. The maximum Gasteiger partial charge on any atom is 0.234 e. The fourth-order valence-corrected chi connectivity index (χ4v) is 6.99. The summed E-state index contributed by atoms with van der Waals surface area (Å²) in [6, 6.07) is 8.48. The summed E-state index contributed by atoms with van der Waals surface area (Å²) in [5.74, 6) is 0.140. The molecule has 3 rings (SSSR count). The van der Waals surface area contributed by atoms with Crippen molar-refractivity contribution in [1.82, 2.24) is 10.2 Å². The number of sulfone groups is 1. The first-order valence-corrected chi connectivity index (χ1v) is 14.9. The fraction of sp³-hybridized carbons (Fsp3) is 0.704. The van der Waals surface area contributed by atoms with Crippen LogP contribution in [-0.2, 0) is 25.8 Å². The molecular formula is C27H43N3O5S. The first-order valence-electron chi connectivity index (χ1n) is 13.2. The van der Waals surface area contributed by atoms with Gasteiger partial charge in [0.2, 0.25) is 11.8 Å². The van der Waals surface area contributed by atoms with Crippen LogP contribution in [0.1, 0.15) is 64.9 Å². The van der Waals surface area contributed by atoms with Gasteiger partial charge >= 0.3 is 0 Å². The van der Waals surface area contributed by atoms with E-state index in [0.717, 1.165) is 18.4 Å². The van der Waals surface area contributed by atoms with Gasteiger partial charge in [0.1, 0.15) is 0 Å². The lowest BCUT2D eigenvalue weighted by Crippen LogP contribution is -2.58. The van der Waals surface area contributed by atoms with Crippen LogP contribution in [0.3, 0.4) is 0 Å². The highest BCUT2D eigenvalue weighted by Crippen LogP contribution is 2.38. The van der Waals surface area contributed by atoms with Crippen molar-refractivity contribution in [3.05, 3.63) is 35.9 Å². The molecule has 3 unspecified atom stereocenters. The Labute approximate surface area is 215 Å². The van der Waals surface area contributed by atoms with Crippen LogP contribution in [0.25, 0.3) is 0 Å². The maximum absolute atomic E-state index is 13.0. The number of piperidine rings is 1. The minimum Gasteiger partial charge on any atom is -0.390 e. The molecule has 1 saturated heterocycles. The minimum absolute atomic E-state index is 0.0467. The van der Waals surface area contributed by atoms with Crippen molar-refractivity contribution in [2.45, 2.75) is 88.7 Å². The third-order valence-electron chi connectivity index (χ3n) is 8.17. The van der Waals surface area contributed by atoms with Gasteiger partial charge in [0, 0.05) is 25.3 Å². The van der Waals surface area contributed by atoms with Gasteiger partial charge in [-0.1, -0.05) is 56.5 Å². The van der Waals surface area contributed by atoms with E-state index in [0.29, 0.717) is 31.2 Å². The van der Waals surface area contributed by atoms with Gasteiger partial charge in [-0.3, -0.25) is 14.5 Å². The minimum atomic E-state index is -3.44. The molecule has 9 heteroatoms. The van der Waals surface area contributed by atoms with E-state index in [1.54, 1.807) is 20.8 Å². The largest absolute Gasteiger partial charge is 0.390 e. The Hall–Kier alpha value is -1.97. The summed E-state index contributed by atoms with van der Waals surface area (Å²) in [7, 11) is -3.44. The zero-order valence-corrected chi connectivity index (χ0v) is 22.7. The Morgan fingerprint density at radius 1 is 1.17 bits per heavy atom. The first-order chi connectivity index (χ1) is 16.9. The van der Waals surface area contributed by atoms with Gasteiger partial charge in [0.15, 0.2) is 9.84 Å². The molecule has 2 amide bonds. The molecule has 0 aromatic heterocycles. The molecule has 0 bridgehead atoms. The van der Waals surface area contributed by atoms with Crippen LogP contribution in [0, 0.1) is 11.8 Å². The average molecular weight is 522 g/mol. The number of likely N-dealkylation sites (tertiary alicyclic amines) is 1. The Morgan fingerprint density at radius 2 is 1.81 bits per heavy atom. The number of amides is 2. The van der Waals surface area contributed by atoms with E-state index < -0.39 is 38.7 Å². The Bertz CT molecular complexity index is 998. The van der Waals surface area contributed by atoms with E-state index in [9.17, 15) is 23.1 Å². The number of hydrogen-bond acceptors (Lipinski definition) is 6. The molecule has 0 radical (unpaired) electrons. The standard InChI is InChI=1S/C27H43N3O5S/c1-4-36(34,35)27(2,3)16-25(32)29-22(14-19-10-6-5-7-11-19)24(31)18-30-17-21-13-9-8-12-20(21)15-23(30)26(28)33/h5-7,10-11,20-24,31H,4,8-9,12-18H2,1-3H3,(H2,28,33)(H,29,32)/t20-,21+,22?,23?,24?/m0/s1. The summed E-state index contributed by atoms with van der Waals surface area (Å²) >= 11 is 0. The number of benzene rings is 1. The fourth-order valence-electron chi connectivity index (χ4n) is 5.86. The third-order valence-corrected chi connectivity index (χ3v) is 10.8. The van der Waals surface area contributed by atoms with Gasteiger partial charge in [-0.15, -0.1) is 0 Å². The molecule has 1 saturated carbocycles. The van der Waals surface area contributed by atoms with Gasteiger partial charge in [0.05, 0.1) is 22.9 Å². The lowest BCUT2D eigenvalue weighted by molar-refractivity contribution is -0.129. The van der Waals surface area contributed by atoms with Crippen LogP contribution in [-0.4, -0.2) is 72.0 Å². The summed E-state index contributed by atoms with van der Waals surface area (Å²) in [6.07, 6.45) is 4.55. The van der Waals surface area contributed by atoms with Crippen molar-refractivity contribution in [1.29, 1.82) is 0 Å². The van der Waals surface area contributed by atoms with E-state index >= 15 is 0 Å². The molecule has 5 atom stereocenters. The van der Waals surface area contributed by atoms with Crippen molar-refractivity contribution < 1.29 is 23.1 Å². The first kappa shape index (κ1) is 28.6. The molecule has 2 fully saturated rings. The highest BCUT2D eigenvalue weighted by Gasteiger charge is 2.41. The molecule has 4 N–H and O–H groups in total. The monoisotopic (exact) mass is 521 g/mol. The normalized spacial score (nSPS) is 24.9. The maximum atomic E-state index is 13.0. The van der Waals surface area contributed by atoms with Crippen molar-refractivity contribution in [3.63, 3.8) is 0 Å². The number of aliphatic hydroxyl groups is 1. The number of carbonyl (C=O) groups is 2. The van der Waals surface area contributed by atoms with Crippen LogP contribution < -0.4 is 11.1 Å². The number of primary amides is 1. The molecule has 1 heterocycles.